The lowest BCUT2D eigenvalue weighted by atomic mass is 9.68. The first-order valence-electron chi connectivity index (χ1n) is 10.2. The number of rotatable bonds is 8. The van der Waals surface area contributed by atoms with Gasteiger partial charge in [0.25, 0.3) is 0 Å². The molecular formula is C21H40N2. The Balaban J connectivity index is 1.64. The van der Waals surface area contributed by atoms with Gasteiger partial charge in [-0.3, -0.25) is 4.99 Å². The Kier molecular flexibility index (Phi) is 6.98. The number of amidine groups is 1. The van der Waals surface area contributed by atoms with Gasteiger partial charge in [-0.25, -0.2) is 0 Å². The molecule has 1 fully saturated rings. The summed E-state index contributed by atoms with van der Waals surface area (Å²) in [6, 6.07) is 0.505. The van der Waals surface area contributed by atoms with Crippen LogP contribution in [0.3, 0.4) is 0 Å². The van der Waals surface area contributed by atoms with Crippen molar-refractivity contribution in [1.29, 1.82) is 0 Å². The van der Waals surface area contributed by atoms with Crippen LogP contribution in [0.25, 0.3) is 0 Å². The summed E-state index contributed by atoms with van der Waals surface area (Å²) < 4.78 is 0. The Hall–Kier alpha value is -0.530. The molecule has 1 aliphatic carbocycles. The van der Waals surface area contributed by atoms with Crippen LogP contribution in [-0.4, -0.2) is 11.9 Å². The van der Waals surface area contributed by atoms with Gasteiger partial charge in [-0.15, -0.1) is 0 Å². The maximum absolute atomic E-state index is 5.83. The van der Waals surface area contributed by atoms with Gasteiger partial charge in [-0.05, 0) is 48.9 Å². The highest BCUT2D eigenvalue weighted by atomic mass is 14.9. The first-order chi connectivity index (χ1) is 10.9. The maximum atomic E-state index is 5.83. The van der Waals surface area contributed by atoms with Crippen molar-refractivity contribution in [3.63, 3.8) is 0 Å². The minimum absolute atomic E-state index is 0.505. The van der Waals surface area contributed by atoms with Gasteiger partial charge in [0.15, 0.2) is 0 Å². The van der Waals surface area contributed by atoms with E-state index in [1.807, 2.05) is 0 Å². The van der Waals surface area contributed by atoms with Crippen LogP contribution in [0.15, 0.2) is 4.99 Å². The number of aliphatic imine (C=N–C) groups is 1. The molecule has 2 rings (SSSR count). The van der Waals surface area contributed by atoms with Gasteiger partial charge in [0, 0.05) is 6.42 Å². The lowest BCUT2D eigenvalue weighted by Crippen LogP contribution is -2.25. The predicted octanol–water partition coefficient (Wildman–Crippen LogP) is 5.95. The molecular weight excluding hydrogens is 280 g/mol. The molecule has 0 spiro atoms. The van der Waals surface area contributed by atoms with E-state index in [1.165, 1.54) is 64.2 Å². The fourth-order valence-corrected chi connectivity index (χ4v) is 4.74. The third-order valence-corrected chi connectivity index (χ3v) is 6.89. The third kappa shape index (κ3) is 5.80. The van der Waals surface area contributed by atoms with E-state index in [0.29, 0.717) is 17.4 Å². The number of hydrogen-bond acceptors (Lipinski definition) is 2. The van der Waals surface area contributed by atoms with Crippen LogP contribution in [0.2, 0.25) is 0 Å². The zero-order valence-electron chi connectivity index (χ0n) is 16.1. The topological polar surface area (TPSA) is 38.4 Å². The van der Waals surface area contributed by atoms with Gasteiger partial charge in [-0.2, -0.15) is 0 Å². The first-order valence-corrected chi connectivity index (χ1v) is 10.2. The second-order valence-corrected chi connectivity index (χ2v) is 9.09. The van der Waals surface area contributed by atoms with Crippen molar-refractivity contribution >= 4 is 5.84 Å². The maximum Gasteiger partial charge on any atom is 0.0941 e. The number of hydrogen-bond donors (Lipinski definition) is 1. The molecule has 1 saturated carbocycles. The zero-order valence-corrected chi connectivity index (χ0v) is 16.1. The average molecular weight is 321 g/mol. The van der Waals surface area contributed by atoms with Crippen molar-refractivity contribution in [2.45, 2.75) is 104 Å². The van der Waals surface area contributed by atoms with Gasteiger partial charge in [0.2, 0.25) is 0 Å². The lowest BCUT2D eigenvalue weighted by Gasteiger charge is -2.38. The summed E-state index contributed by atoms with van der Waals surface area (Å²) in [6.07, 6.45) is 15.0. The molecule has 23 heavy (non-hydrogen) atoms. The standard InChI is InChI=1S/C21H40N2/c1-5-21(4)14-6-7-18(15-21)11-9-16(2)8-10-17(3)19-12-13-20(22)23-19/h16-19H,5-15H2,1-4H3,(H2,22,23). The molecule has 134 valence electrons. The molecule has 0 aromatic rings. The molecule has 0 aromatic carbocycles. The summed E-state index contributed by atoms with van der Waals surface area (Å²) in [6.45, 7) is 9.72. The van der Waals surface area contributed by atoms with Gasteiger partial charge in [-0.1, -0.05) is 66.2 Å². The highest BCUT2D eigenvalue weighted by molar-refractivity contribution is 5.82. The fourth-order valence-electron chi connectivity index (χ4n) is 4.74. The molecule has 0 aromatic heterocycles. The summed E-state index contributed by atoms with van der Waals surface area (Å²) in [5, 5.41) is 0. The third-order valence-electron chi connectivity index (χ3n) is 6.89. The van der Waals surface area contributed by atoms with E-state index in [9.17, 15) is 0 Å². The molecule has 2 aliphatic rings. The summed E-state index contributed by atoms with van der Waals surface area (Å²) in [5.41, 5.74) is 6.47. The van der Waals surface area contributed by atoms with Gasteiger partial charge in [0.1, 0.15) is 0 Å². The minimum Gasteiger partial charge on any atom is -0.387 e. The van der Waals surface area contributed by atoms with E-state index in [-0.39, 0.29) is 0 Å². The van der Waals surface area contributed by atoms with E-state index in [0.717, 1.165) is 24.1 Å². The Morgan fingerprint density at radius 2 is 2.00 bits per heavy atom. The number of nitrogens with zero attached hydrogens (tertiary/aromatic N) is 1. The van der Waals surface area contributed by atoms with Crippen LogP contribution in [0.1, 0.15) is 98.3 Å². The largest absolute Gasteiger partial charge is 0.387 e. The molecule has 0 saturated heterocycles. The predicted molar refractivity (Wildman–Crippen MR) is 102 cm³/mol. The van der Waals surface area contributed by atoms with Crippen molar-refractivity contribution in [2.24, 2.45) is 33.9 Å². The summed E-state index contributed by atoms with van der Waals surface area (Å²) in [5.74, 6) is 3.45. The van der Waals surface area contributed by atoms with E-state index in [2.05, 4.69) is 32.7 Å². The quantitative estimate of drug-likeness (QED) is 0.590. The van der Waals surface area contributed by atoms with Crippen molar-refractivity contribution in [3.05, 3.63) is 0 Å². The minimum atomic E-state index is 0.505. The molecule has 5 atom stereocenters. The van der Waals surface area contributed by atoms with E-state index >= 15 is 0 Å². The first kappa shape index (κ1) is 18.8. The van der Waals surface area contributed by atoms with E-state index in [1.54, 1.807) is 0 Å². The van der Waals surface area contributed by atoms with E-state index < -0.39 is 0 Å². The Morgan fingerprint density at radius 3 is 2.65 bits per heavy atom. The van der Waals surface area contributed by atoms with Crippen LogP contribution in [0, 0.1) is 23.2 Å². The zero-order chi connectivity index (χ0) is 16.9. The van der Waals surface area contributed by atoms with Crippen molar-refractivity contribution in [2.75, 3.05) is 0 Å². The lowest BCUT2D eigenvalue weighted by molar-refractivity contribution is 0.141. The van der Waals surface area contributed by atoms with Gasteiger partial charge >= 0.3 is 0 Å². The SMILES string of the molecule is CCC1(C)CCCC(CCC(C)CCC(C)C2CCC(N)=N2)C1. The summed E-state index contributed by atoms with van der Waals surface area (Å²) in [7, 11) is 0. The Bertz CT molecular complexity index is 389. The molecule has 2 heteroatoms. The fraction of sp³-hybridized carbons (Fsp3) is 0.952. The molecule has 2 N–H and O–H groups in total. The number of nitrogens with two attached hydrogens (primary N) is 1. The molecule has 2 nitrogen and oxygen atoms in total. The van der Waals surface area contributed by atoms with Crippen LogP contribution in [-0.2, 0) is 0 Å². The van der Waals surface area contributed by atoms with E-state index in [4.69, 9.17) is 5.73 Å². The smallest absolute Gasteiger partial charge is 0.0941 e. The van der Waals surface area contributed by atoms with Gasteiger partial charge < -0.3 is 5.73 Å². The van der Waals surface area contributed by atoms with Crippen LogP contribution < -0.4 is 5.73 Å². The highest BCUT2D eigenvalue weighted by Gasteiger charge is 2.30. The highest BCUT2D eigenvalue weighted by Crippen LogP contribution is 2.43. The molecule has 5 unspecified atom stereocenters. The second kappa shape index (κ2) is 8.53. The van der Waals surface area contributed by atoms with Crippen LogP contribution >= 0.6 is 0 Å². The molecule has 0 amide bonds. The monoisotopic (exact) mass is 320 g/mol. The normalized spacial score (nSPS) is 34.2. The summed E-state index contributed by atoms with van der Waals surface area (Å²) in [4.78, 5) is 4.61. The summed E-state index contributed by atoms with van der Waals surface area (Å²) >= 11 is 0. The van der Waals surface area contributed by atoms with Crippen molar-refractivity contribution in [3.8, 4) is 0 Å². The Morgan fingerprint density at radius 1 is 1.22 bits per heavy atom. The molecule has 0 radical (unpaired) electrons. The second-order valence-electron chi connectivity index (χ2n) is 9.09. The van der Waals surface area contributed by atoms with Crippen LogP contribution in [0.5, 0.6) is 0 Å². The van der Waals surface area contributed by atoms with Crippen molar-refractivity contribution < 1.29 is 0 Å². The molecule has 1 aliphatic heterocycles. The molecule has 1 heterocycles. The average Bonchev–Trinajstić information content (AvgIpc) is 2.97. The van der Waals surface area contributed by atoms with Crippen LogP contribution in [0.4, 0.5) is 0 Å². The Labute approximate surface area is 144 Å². The van der Waals surface area contributed by atoms with Gasteiger partial charge in [0.05, 0.1) is 11.9 Å². The van der Waals surface area contributed by atoms with Crippen molar-refractivity contribution in [1.82, 2.24) is 0 Å². The molecule has 0 bridgehead atoms.